The molecule has 3 nitrogen and oxygen atoms in total. The van der Waals surface area contributed by atoms with Crippen LogP contribution in [-0.2, 0) is 4.74 Å². The number of ether oxygens (including phenoxy) is 1. The molecule has 1 heterocycles. The van der Waals surface area contributed by atoms with Crippen LogP contribution in [0.2, 0.25) is 0 Å². The van der Waals surface area contributed by atoms with Crippen molar-refractivity contribution in [3.63, 3.8) is 0 Å². The third-order valence-electron chi connectivity index (χ3n) is 1.77. The first kappa shape index (κ1) is 13.3. The molecule has 1 aliphatic rings. The first-order valence-electron chi connectivity index (χ1n) is 5.46. The van der Waals surface area contributed by atoms with Crippen LogP contribution in [0.1, 0.15) is 40.5 Å². The molecule has 0 saturated heterocycles. The van der Waals surface area contributed by atoms with Crippen molar-refractivity contribution in [3.8, 4) is 0 Å². The summed E-state index contributed by atoms with van der Waals surface area (Å²) in [5, 5.41) is 8.51. The van der Waals surface area contributed by atoms with Crippen molar-refractivity contribution < 1.29 is 4.74 Å². The largest absolute Gasteiger partial charge is 0.306 e. The molecule has 0 amide bonds. The van der Waals surface area contributed by atoms with Crippen molar-refractivity contribution in [1.82, 2.24) is 0 Å². The third kappa shape index (κ3) is 3.96. The van der Waals surface area contributed by atoms with Crippen molar-refractivity contribution in [2.24, 2.45) is 10.2 Å². The van der Waals surface area contributed by atoms with Gasteiger partial charge in [-0.1, -0.05) is 37.4 Å². The normalized spacial score (nSPS) is 22.1. The molecule has 0 aliphatic carbocycles. The van der Waals surface area contributed by atoms with Gasteiger partial charge < -0.3 is 4.74 Å². The minimum absolute atomic E-state index is 0.457. The summed E-state index contributed by atoms with van der Waals surface area (Å²) in [5.74, 6) is 2.12. The van der Waals surface area contributed by atoms with Gasteiger partial charge in [0.1, 0.15) is 0 Å². The molecular formula is C10H20N2OS2. The zero-order valence-electron chi connectivity index (χ0n) is 9.95. The highest BCUT2D eigenvalue weighted by atomic mass is 32.2. The number of hydrogen-bond acceptors (Lipinski definition) is 5. The first-order valence-corrected chi connectivity index (χ1v) is 7.43. The molecule has 0 aromatic carbocycles. The highest BCUT2D eigenvalue weighted by Crippen LogP contribution is 2.48. The quantitative estimate of drug-likeness (QED) is 0.664. The van der Waals surface area contributed by atoms with Crippen LogP contribution in [0.4, 0.5) is 0 Å². The number of thioether (sulfide) groups is 2. The molecule has 15 heavy (non-hydrogen) atoms. The van der Waals surface area contributed by atoms with Gasteiger partial charge in [-0.25, -0.2) is 0 Å². The second-order valence-electron chi connectivity index (χ2n) is 3.97. The van der Waals surface area contributed by atoms with Crippen LogP contribution in [0.3, 0.4) is 0 Å². The van der Waals surface area contributed by atoms with E-state index in [-0.39, 0.29) is 0 Å². The fourth-order valence-corrected chi connectivity index (χ4v) is 3.64. The number of azo groups is 1. The van der Waals surface area contributed by atoms with E-state index in [9.17, 15) is 0 Å². The number of rotatable bonds is 6. The van der Waals surface area contributed by atoms with Gasteiger partial charge in [-0.05, 0) is 38.2 Å². The van der Waals surface area contributed by atoms with Crippen LogP contribution in [0, 0.1) is 0 Å². The van der Waals surface area contributed by atoms with E-state index < -0.39 is 10.1 Å². The van der Waals surface area contributed by atoms with E-state index in [0.29, 0.717) is 0 Å². The van der Waals surface area contributed by atoms with Crippen LogP contribution in [0.5, 0.6) is 0 Å². The first-order chi connectivity index (χ1) is 7.04. The molecule has 0 N–H and O–H groups in total. The maximum atomic E-state index is 5.93. The van der Waals surface area contributed by atoms with E-state index in [0.717, 1.165) is 24.3 Å². The number of hydrogen-bond donors (Lipinski definition) is 0. The van der Waals surface area contributed by atoms with Gasteiger partial charge in [0.05, 0.1) is 0 Å². The van der Waals surface area contributed by atoms with Gasteiger partial charge in [0.2, 0.25) is 0 Å². The topological polar surface area (TPSA) is 34.0 Å². The Morgan fingerprint density at radius 3 is 1.87 bits per heavy atom. The molecule has 88 valence electrons. The predicted molar refractivity (Wildman–Crippen MR) is 68.2 cm³/mol. The van der Waals surface area contributed by atoms with Gasteiger partial charge in [-0.15, -0.1) is 5.11 Å². The van der Waals surface area contributed by atoms with Crippen molar-refractivity contribution in [2.75, 3.05) is 11.5 Å². The molecule has 0 bridgehead atoms. The van der Waals surface area contributed by atoms with Gasteiger partial charge in [0.25, 0.3) is 4.39 Å². The lowest BCUT2D eigenvalue weighted by molar-refractivity contribution is -0.00288. The molecule has 5 heteroatoms. The minimum Gasteiger partial charge on any atom is -0.306 e. The van der Waals surface area contributed by atoms with Gasteiger partial charge in [-0.3, -0.25) is 0 Å². The fraction of sp³-hybridized carbons (Fsp3) is 1.00. The maximum absolute atomic E-state index is 5.93. The summed E-state index contributed by atoms with van der Waals surface area (Å²) in [6, 6.07) is 0. The Morgan fingerprint density at radius 2 is 1.53 bits per heavy atom. The second-order valence-corrected chi connectivity index (χ2v) is 6.73. The third-order valence-corrected chi connectivity index (χ3v) is 4.76. The monoisotopic (exact) mass is 248 g/mol. The van der Waals surface area contributed by atoms with E-state index in [4.69, 9.17) is 4.74 Å². The Labute approximate surface area is 101 Å². The molecule has 0 radical (unpaired) electrons. The van der Waals surface area contributed by atoms with Gasteiger partial charge >= 0.3 is 0 Å². The molecule has 0 saturated carbocycles. The fourth-order valence-electron chi connectivity index (χ4n) is 1.16. The summed E-state index contributed by atoms with van der Waals surface area (Å²) in [5.41, 5.74) is -0.457. The van der Waals surface area contributed by atoms with Crippen LogP contribution >= 0.6 is 23.5 Å². The molecule has 0 atom stereocenters. The average Bonchev–Trinajstić information content (AvgIpc) is 2.49. The van der Waals surface area contributed by atoms with Gasteiger partial charge in [0, 0.05) is 0 Å². The molecule has 0 unspecified atom stereocenters. The highest BCUT2D eigenvalue weighted by molar-refractivity contribution is 8.17. The lowest BCUT2D eigenvalue weighted by atomic mass is 10.3. The summed E-state index contributed by atoms with van der Waals surface area (Å²) in [7, 11) is 0. The smallest absolute Gasteiger partial charge is 0.278 e. The Hall–Kier alpha value is 0.260. The van der Waals surface area contributed by atoms with Crippen LogP contribution < -0.4 is 0 Å². The molecular weight excluding hydrogens is 228 g/mol. The summed E-state index contributed by atoms with van der Waals surface area (Å²) in [6.07, 6.45) is 2.27. The molecule has 1 aliphatic heterocycles. The minimum atomic E-state index is -0.477. The summed E-state index contributed by atoms with van der Waals surface area (Å²) in [4.78, 5) is 0. The van der Waals surface area contributed by atoms with Crippen LogP contribution in [0.25, 0.3) is 0 Å². The summed E-state index contributed by atoms with van der Waals surface area (Å²) < 4.78 is 5.46. The maximum Gasteiger partial charge on any atom is 0.278 e. The lowest BCUT2D eigenvalue weighted by Crippen LogP contribution is -2.28. The standard InChI is InChI=1S/C10H20N2OS2/c1-5-7-14-10(15-8-6-2)12-11-9(3,4)13-10/h5-8H2,1-4H3. The highest BCUT2D eigenvalue weighted by Gasteiger charge is 2.43. The van der Waals surface area contributed by atoms with E-state index in [1.54, 1.807) is 23.5 Å². The average molecular weight is 248 g/mol. The molecule has 0 spiro atoms. The van der Waals surface area contributed by atoms with E-state index in [1.165, 1.54) is 0 Å². The Balaban J connectivity index is 2.59. The zero-order chi connectivity index (χ0) is 11.4. The van der Waals surface area contributed by atoms with Crippen molar-refractivity contribution in [2.45, 2.75) is 50.7 Å². The van der Waals surface area contributed by atoms with Crippen LogP contribution in [0.15, 0.2) is 10.2 Å². The van der Waals surface area contributed by atoms with Crippen molar-refractivity contribution in [1.29, 1.82) is 0 Å². The zero-order valence-corrected chi connectivity index (χ0v) is 11.6. The Morgan fingerprint density at radius 1 is 1.00 bits per heavy atom. The van der Waals surface area contributed by atoms with Crippen molar-refractivity contribution in [3.05, 3.63) is 0 Å². The SMILES string of the molecule is CCCSC1(SCCC)N=NC(C)(C)O1. The van der Waals surface area contributed by atoms with E-state index in [1.807, 2.05) is 13.8 Å². The Bertz CT molecular complexity index is 223. The summed E-state index contributed by atoms with van der Waals surface area (Å²) in [6.45, 7) is 8.25. The predicted octanol–water partition coefficient (Wildman–Crippen LogP) is 4.10. The number of nitrogens with zero attached hydrogens (tertiary/aromatic N) is 2. The van der Waals surface area contributed by atoms with Gasteiger partial charge in [0.15, 0.2) is 5.72 Å². The summed E-state index contributed by atoms with van der Waals surface area (Å²) >= 11 is 3.51. The molecule has 0 aromatic heterocycles. The van der Waals surface area contributed by atoms with Crippen LogP contribution in [-0.4, -0.2) is 21.6 Å². The molecule has 1 rings (SSSR count). The molecule has 0 fully saturated rings. The van der Waals surface area contributed by atoms with E-state index in [2.05, 4.69) is 24.1 Å². The Kier molecular flexibility index (Phi) is 4.93. The molecule has 0 aromatic rings. The lowest BCUT2D eigenvalue weighted by Gasteiger charge is -2.26. The van der Waals surface area contributed by atoms with E-state index >= 15 is 0 Å². The van der Waals surface area contributed by atoms with Gasteiger partial charge in [-0.2, -0.15) is 5.11 Å². The van der Waals surface area contributed by atoms with Crippen molar-refractivity contribution >= 4 is 23.5 Å². The second kappa shape index (κ2) is 5.55.